The molecule has 4 rings (SSSR count). The molecular weight excluding hydrogens is 348 g/mol. The lowest BCUT2D eigenvalue weighted by molar-refractivity contribution is -0.118. The number of carbonyl (C=O) groups is 2. The summed E-state index contributed by atoms with van der Waals surface area (Å²) in [5.41, 5.74) is 5.18. The zero-order valence-electron chi connectivity index (χ0n) is 15.7. The molecule has 0 N–H and O–H groups in total. The van der Waals surface area contributed by atoms with Crippen LogP contribution in [0.15, 0.2) is 73.1 Å². The maximum Gasteiger partial charge on any atom is 0.227 e. The number of fused-ring (bicyclic) bond motifs is 1. The van der Waals surface area contributed by atoms with E-state index in [1.807, 2.05) is 53.4 Å². The number of hydrogen-bond acceptors (Lipinski definition) is 3. The van der Waals surface area contributed by atoms with Gasteiger partial charge in [0.2, 0.25) is 5.91 Å². The quantitative estimate of drug-likeness (QED) is 0.592. The molecule has 0 aliphatic carbocycles. The monoisotopic (exact) mass is 370 g/mol. The molecule has 0 saturated heterocycles. The van der Waals surface area contributed by atoms with Crippen molar-refractivity contribution in [1.29, 1.82) is 0 Å². The van der Waals surface area contributed by atoms with E-state index in [0.29, 0.717) is 31.4 Å². The maximum absolute atomic E-state index is 12.7. The molecule has 28 heavy (non-hydrogen) atoms. The number of hydrogen-bond donors (Lipinski definition) is 0. The highest BCUT2D eigenvalue weighted by Crippen LogP contribution is 2.32. The Bertz CT molecular complexity index is 984. The Hall–Kier alpha value is -3.27. The average Bonchev–Trinajstić information content (AvgIpc) is 3.18. The van der Waals surface area contributed by atoms with E-state index in [9.17, 15) is 9.59 Å². The van der Waals surface area contributed by atoms with Crippen molar-refractivity contribution in [2.75, 3.05) is 11.4 Å². The predicted molar refractivity (Wildman–Crippen MR) is 110 cm³/mol. The van der Waals surface area contributed by atoms with Gasteiger partial charge in [-0.3, -0.25) is 14.6 Å². The number of nitrogens with zero attached hydrogens (tertiary/aromatic N) is 2. The van der Waals surface area contributed by atoms with Gasteiger partial charge in [0.05, 0.1) is 0 Å². The van der Waals surface area contributed by atoms with Crippen LogP contribution in [-0.4, -0.2) is 23.2 Å². The van der Waals surface area contributed by atoms with E-state index >= 15 is 0 Å². The van der Waals surface area contributed by atoms with Gasteiger partial charge in [-0.1, -0.05) is 36.4 Å². The lowest BCUT2D eigenvalue weighted by Crippen LogP contribution is -2.28. The molecule has 2 aromatic carbocycles. The van der Waals surface area contributed by atoms with Crippen LogP contribution in [0.25, 0.3) is 11.1 Å². The highest BCUT2D eigenvalue weighted by molar-refractivity contribution is 5.98. The van der Waals surface area contributed by atoms with Crippen LogP contribution in [0, 0.1) is 0 Å². The van der Waals surface area contributed by atoms with E-state index in [-0.39, 0.29) is 11.7 Å². The molecule has 0 atom stereocenters. The molecule has 1 amide bonds. The van der Waals surface area contributed by atoms with Crippen LogP contribution < -0.4 is 4.90 Å². The largest absolute Gasteiger partial charge is 0.312 e. The Balaban J connectivity index is 1.37. The third-order valence-electron chi connectivity index (χ3n) is 5.18. The van der Waals surface area contributed by atoms with Crippen molar-refractivity contribution in [3.05, 3.63) is 84.2 Å². The molecule has 0 unspecified atom stereocenters. The van der Waals surface area contributed by atoms with Crippen LogP contribution >= 0.6 is 0 Å². The standard InChI is InChI=1S/C24H22N2O2/c27-23(19-5-2-1-3-6-19)7-4-8-24(28)26-16-13-21-17-20(9-10-22(21)26)18-11-14-25-15-12-18/h1-3,5-6,9-12,14-15,17H,4,7-8,13,16H2. The molecule has 0 saturated carbocycles. The summed E-state index contributed by atoms with van der Waals surface area (Å²) in [5, 5.41) is 0. The summed E-state index contributed by atoms with van der Waals surface area (Å²) < 4.78 is 0. The molecule has 0 bridgehead atoms. The van der Waals surface area contributed by atoms with Gasteiger partial charge in [-0.2, -0.15) is 0 Å². The molecule has 0 fully saturated rings. The van der Waals surface area contributed by atoms with Crippen molar-refractivity contribution in [3.8, 4) is 11.1 Å². The first-order valence-corrected chi connectivity index (χ1v) is 9.64. The minimum Gasteiger partial charge on any atom is -0.312 e. The normalized spacial score (nSPS) is 12.6. The van der Waals surface area contributed by atoms with E-state index in [4.69, 9.17) is 0 Å². The number of anilines is 1. The summed E-state index contributed by atoms with van der Waals surface area (Å²) in [5.74, 6) is 0.188. The van der Waals surface area contributed by atoms with Gasteiger partial charge in [-0.15, -0.1) is 0 Å². The van der Waals surface area contributed by atoms with Crippen LogP contribution in [0.2, 0.25) is 0 Å². The van der Waals surface area contributed by atoms with E-state index in [2.05, 4.69) is 17.1 Å². The molecule has 3 aromatic rings. The summed E-state index contributed by atoms with van der Waals surface area (Å²) in [6.45, 7) is 0.709. The van der Waals surface area contributed by atoms with Gasteiger partial charge >= 0.3 is 0 Å². The highest BCUT2D eigenvalue weighted by Gasteiger charge is 2.24. The smallest absolute Gasteiger partial charge is 0.227 e. The Morgan fingerprint density at radius 3 is 2.46 bits per heavy atom. The second-order valence-electron chi connectivity index (χ2n) is 7.02. The fourth-order valence-corrected chi connectivity index (χ4v) is 3.69. The van der Waals surface area contributed by atoms with Crippen LogP contribution in [0.5, 0.6) is 0 Å². The molecule has 4 heteroatoms. The third kappa shape index (κ3) is 3.86. The van der Waals surface area contributed by atoms with E-state index in [1.54, 1.807) is 12.4 Å². The van der Waals surface area contributed by atoms with Gasteiger partial charge in [0.1, 0.15) is 0 Å². The Labute approximate surface area is 164 Å². The first kappa shape index (κ1) is 18.1. The Morgan fingerprint density at radius 1 is 0.893 bits per heavy atom. The summed E-state index contributed by atoms with van der Waals surface area (Å²) in [7, 11) is 0. The summed E-state index contributed by atoms with van der Waals surface area (Å²) in [4.78, 5) is 30.8. The number of benzene rings is 2. The van der Waals surface area contributed by atoms with Crippen LogP contribution in [0.3, 0.4) is 0 Å². The fourth-order valence-electron chi connectivity index (χ4n) is 3.69. The third-order valence-corrected chi connectivity index (χ3v) is 5.18. The number of pyridine rings is 1. The van der Waals surface area contributed by atoms with Crippen molar-refractivity contribution in [2.45, 2.75) is 25.7 Å². The zero-order valence-corrected chi connectivity index (χ0v) is 15.7. The summed E-state index contributed by atoms with van der Waals surface area (Å²) in [6.07, 6.45) is 5.81. The molecule has 1 aliphatic heterocycles. The predicted octanol–water partition coefficient (Wildman–Crippen LogP) is 4.69. The number of aromatic nitrogens is 1. The molecule has 0 radical (unpaired) electrons. The molecular formula is C24H22N2O2. The maximum atomic E-state index is 12.7. The van der Waals surface area contributed by atoms with Crippen molar-refractivity contribution in [3.63, 3.8) is 0 Å². The number of Topliss-reactive ketones (excluding diaryl/α,β-unsaturated/α-hetero) is 1. The van der Waals surface area contributed by atoms with Crippen molar-refractivity contribution in [2.24, 2.45) is 0 Å². The topological polar surface area (TPSA) is 50.3 Å². The molecule has 1 aromatic heterocycles. The Kier molecular flexibility index (Phi) is 5.29. The second kappa shape index (κ2) is 8.17. The number of amides is 1. The summed E-state index contributed by atoms with van der Waals surface area (Å²) in [6, 6.07) is 19.5. The summed E-state index contributed by atoms with van der Waals surface area (Å²) >= 11 is 0. The van der Waals surface area contributed by atoms with Gasteiger partial charge in [0, 0.05) is 43.0 Å². The van der Waals surface area contributed by atoms with Gasteiger partial charge in [-0.25, -0.2) is 0 Å². The lowest BCUT2D eigenvalue weighted by atomic mass is 10.0. The van der Waals surface area contributed by atoms with Gasteiger partial charge in [0.25, 0.3) is 0 Å². The number of rotatable bonds is 6. The SMILES string of the molecule is O=C(CCCC(=O)N1CCc2cc(-c3ccncc3)ccc21)c1ccccc1. The fraction of sp³-hybridized carbons (Fsp3) is 0.208. The minimum atomic E-state index is 0.0938. The second-order valence-corrected chi connectivity index (χ2v) is 7.02. The van der Waals surface area contributed by atoms with Gasteiger partial charge in [0.15, 0.2) is 5.78 Å². The number of carbonyl (C=O) groups excluding carboxylic acids is 2. The minimum absolute atomic E-state index is 0.0938. The first-order valence-electron chi connectivity index (χ1n) is 9.64. The highest BCUT2D eigenvalue weighted by atomic mass is 16.2. The van der Waals surface area contributed by atoms with E-state index < -0.39 is 0 Å². The Morgan fingerprint density at radius 2 is 1.68 bits per heavy atom. The molecule has 140 valence electrons. The molecule has 1 aliphatic rings. The number of ketones is 1. The first-order chi connectivity index (χ1) is 13.7. The van der Waals surface area contributed by atoms with Gasteiger partial charge in [-0.05, 0) is 53.8 Å². The zero-order chi connectivity index (χ0) is 19.3. The molecule has 2 heterocycles. The van der Waals surface area contributed by atoms with Crippen molar-refractivity contribution >= 4 is 17.4 Å². The average molecular weight is 370 g/mol. The molecule has 0 spiro atoms. The van der Waals surface area contributed by atoms with Crippen molar-refractivity contribution < 1.29 is 9.59 Å². The van der Waals surface area contributed by atoms with Gasteiger partial charge < -0.3 is 4.90 Å². The van der Waals surface area contributed by atoms with E-state index in [0.717, 1.165) is 23.2 Å². The van der Waals surface area contributed by atoms with Crippen LogP contribution in [0.4, 0.5) is 5.69 Å². The van der Waals surface area contributed by atoms with Crippen LogP contribution in [-0.2, 0) is 11.2 Å². The lowest BCUT2D eigenvalue weighted by Gasteiger charge is -2.17. The van der Waals surface area contributed by atoms with E-state index in [1.165, 1.54) is 5.56 Å². The van der Waals surface area contributed by atoms with Crippen LogP contribution in [0.1, 0.15) is 35.2 Å². The van der Waals surface area contributed by atoms with Crippen molar-refractivity contribution in [1.82, 2.24) is 4.98 Å². The molecule has 4 nitrogen and oxygen atoms in total.